The average molecular weight is 154 g/mol. The Hall–Kier alpha value is -1.25. The lowest BCUT2D eigenvalue weighted by Crippen LogP contribution is -2.28. The number of rotatable bonds is 1. The van der Waals surface area contributed by atoms with Gasteiger partial charge >= 0.3 is 6.16 Å². The van der Waals surface area contributed by atoms with Crippen LogP contribution in [-0.4, -0.2) is 16.9 Å². The summed E-state index contributed by atoms with van der Waals surface area (Å²) in [4.78, 5) is 10.2. The molecule has 0 spiro atoms. The van der Waals surface area contributed by atoms with Crippen LogP contribution in [0.5, 0.6) is 0 Å². The molecule has 60 valence electrons. The van der Waals surface area contributed by atoms with Gasteiger partial charge < -0.3 is 9.84 Å². The molecule has 0 aromatic rings. The lowest BCUT2D eigenvalue weighted by Gasteiger charge is -2.24. The third-order valence-electron chi connectivity index (χ3n) is 1.54. The van der Waals surface area contributed by atoms with E-state index in [0.717, 1.165) is 0 Å². The fraction of sp³-hybridized carbons (Fsp3) is 0.375. The summed E-state index contributed by atoms with van der Waals surface area (Å²) in [5.41, 5.74) is -0.666. The maximum Gasteiger partial charge on any atom is 0.506 e. The monoisotopic (exact) mass is 154 g/mol. The van der Waals surface area contributed by atoms with Crippen LogP contribution < -0.4 is 0 Å². The van der Waals surface area contributed by atoms with E-state index in [0.29, 0.717) is 6.42 Å². The van der Waals surface area contributed by atoms with Gasteiger partial charge in [-0.2, -0.15) is 0 Å². The zero-order valence-corrected chi connectivity index (χ0v) is 6.28. The average Bonchev–Trinajstić information content (AvgIpc) is 1.85. The summed E-state index contributed by atoms with van der Waals surface area (Å²) in [6.45, 7) is 1.74. The van der Waals surface area contributed by atoms with Gasteiger partial charge in [-0.25, -0.2) is 4.79 Å². The first kappa shape index (κ1) is 7.85. The minimum atomic E-state index is -1.23. The molecule has 0 heterocycles. The predicted molar refractivity (Wildman–Crippen MR) is 40.4 cm³/mol. The molecule has 0 fully saturated rings. The highest BCUT2D eigenvalue weighted by Gasteiger charge is 2.24. The third kappa shape index (κ3) is 2.11. The van der Waals surface area contributed by atoms with Gasteiger partial charge in [0.2, 0.25) is 0 Å². The molecule has 0 aliphatic heterocycles. The molecular formula is C8H10O3. The number of allylic oxidation sites excluding steroid dienone is 2. The maximum atomic E-state index is 10.2. The molecule has 1 rings (SSSR count). The van der Waals surface area contributed by atoms with E-state index in [4.69, 9.17) is 5.11 Å². The van der Waals surface area contributed by atoms with Crippen molar-refractivity contribution in [2.75, 3.05) is 0 Å². The molecule has 0 aromatic heterocycles. The summed E-state index contributed by atoms with van der Waals surface area (Å²) in [7, 11) is 0. The maximum absolute atomic E-state index is 10.2. The molecule has 0 radical (unpaired) electrons. The predicted octanol–water partition coefficient (Wildman–Crippen LogP) is 1.96. The summed E-state index contributed by atoms with van der Waals surface area (Å²) in [6.07, 6.45) is 6.65. The van der Waals surface area contributed by atoms with Gasteiger partial charge in [0.05, 0.1) is 0 Å². The molecule has 11 heavy (non-hydrogen) atoms. The Morgan fingerprint density at radius 2 is 2.36 bits per heavy atom. The number of carboxylic acid groups (broad SMARTS) is 1. The second-order valence-corrected chi connectivity index (χ2v) is 2.67. The fourth-order valence-electron chi connectivity index (χ4n) is 0.983. The van der Waals surface area contributed by atoms with E-state index in [-0.39, 0.29) is 0 Å². The highest BCUT2D eigenvalue weighted by Crippen LogP contribution is 2.21. The van der Waals surface area contributed by atoms with Crippen molar-refractivity contribution in [2.24, 2.45) is 0 Å². The Kier molecular flexibility index (Phi) is 1.98. The van der Waals surface area contributed by atoms with Gasteiger partial charge in [-0.05, 0) is 13.0 Å². The summed E-state index contributed by atoms with van der Waals surface area (Å²) in [6, 6.07) is 0. The van der Waals surface area contributed by atoms with E-state index >= 15 is 0 Å². The van der Waals surface area contributed by atoms with Crippen molar-refractivity contribution in [2.45, 2.75) is 18.9 Å². The topological polar surface area (TPSA) is 46.5 Å². The smallest absolute Gasteiger partial charge is 0.450 e. The molecule has 0 bridgehead atoms. The number of ether oxygens (including phenoxy) is 1. The zero-order chi connectivity index (χ0) is 8.32. The Bertz CT molecular complexity index is 217. The molecule has 0 aromatic carbocycles. The molecule has 1 N–H and O–H groups in total. The number of carbonyl (C=O) groups is 1. The summed E-state index contributed by atoms with van der Waals surface area (Å²) < 4.78 is 4.66. The summed E-state index contributed by atoms with van der Waals surface area (Å²) >= 11 is 0. The van der Waals surface area contributed by atoms with Crippen molar-refractivity contribution < 1.29 is 14.6 Å². The van der Waals surface area contributed by atoms with Crippen molar-refractivity contribution in [1.29, 1.82) is 0 Å². The van der Waals surface area contributed by atoms with Gasteiger partial charge in [0.1, 0.15) is 5.60 Å². The Labute approximate surface area is 65.0 Å². The summed E-state index contributed by atoms with van der Waals surface area (Å²) in [5, 5.41) is 8.35. The third-order valence-corrected chi connectivity index (χ3v) is 1.54. The largest absolute Gasteiger partial charge is 0.506 e. The second kappa shape index (κ2) is 2.78. The van der Waals surface area contributed by atoms with Crippen LogP contribution in [0.3, 0.4) is 0 Å². The normalized spacial score (nSPS) is 28.5. The molecule has 1 aliphatic carbocycles. The second-order valence-electron chi connectivity index (χ2n) is 2.67. The quantitative estimate of drug-likeness (QED) is 0.587. The van der Waals surface area contributed by atoms with Gasteiger partial charge in [-0.1, -0.05) is 18.2 Å². The molecule has 3 heteroatoms. The zero-order valence-electron chi connectivity index (χ0n) is 6.28. The van der Waals surface area contributed by atoms with E-state index in [1.165, 1.54) is 0 Å². The molecule has 0 amide bonds. The standard InChI is InChI=1S/C8H10O3/c1-8(11-7(9)10)5-3-2-4-6-8/h2-5H,6H2,1H3,(H,9,10). The Morgan fingerprint density at radius 3 is 2.82 bits per heavy atom. The van der Waals surface area contributed by atoms with Crippen molar-refractivity contribution in [1.82, 2.24) is 0 Å². The van der Waals surface area contributed by atoms with E-state index in [2.05, 4.69) is 4.74 Å². The van der Waals surface area contributed by atoms with Gasteiger partial charge in [0.15, 0.2) is 0 Å². The van der Waals surface area contributed by atoms with Crippen LogP contribution >= 0.6 is 0 Å². The van der Waals surface area contributed by atoms with Crippen molar-refractivity contribution in [3.05, 3.63) is 24.3 Å². The highest BCUT2D eigenvalue weighted by atomic mass is 16.7. The Balaban J connectivity index is 2.61. The molecule has 1 unspecified atom stereocenters. The van der Waals surface area contributed by atoms with Crippen LogP contribution in [0.2, 0.25) is 0 Å². The van der Waals surface area contributed by atoms with Gasteiger partial charge in [-0.3, -0.25) is 0 Å². The molecule has 1 atom stereocenters. The van der Waals surface area contributed by atoms with Crippen molar-refractivity contribution in [3.8, 4) is 0 Å². The highest BCUT2D eigenvalue weighted by molar-refractivity contribution is 5.58. The fourth-order valence-corrected chi connectivity index (χ4v) is 0.983. The molecule has 0 saturated carbocycles. The van der Waals surface area contributed by atoms with E-state index in [1.54, 1.807) is 19.1 Å². The first-order chi connectivity index (χ1) is 5.12. The first-order valence-electron chi connectivity index (χ1n) is 3.39. The summed E-state index contributed by atoms with van der Waals surface area (Å²) in [5.74, 6) is 0. The number of hydrogen-bond donors (Lipinski definition) is 1. The van der Waals surface area contributed by atoms with Crippen molar-refractivity contribution >= 4 is 6.16 Å². The molecule has 3 nitrogen and oxygen atoms in total. The SMILES string of the molecule is CC1(OC(=O)O)C=CC=CC1. The van der Waals surface area contributed by atoms with Gasteiger partial charge in [0, 0.05) is 6.42 Å². The molecular weight excluding hydrogens is 144 g/mol. The minimum Gasteiger partial charge on any atom is -0.450 e. The van der Waals surface area contributed by atoms with Crippen molar-refractivity contribution in [3.63, 3.8) is 0 Å². The lowest BCUT2D eigenvalue weighted by molar-refractivity contribution is 0.0218. The van der Waals surface area contributed by atoms with Crippen LogP contribution in [-0.2, 0) is 4.74 Å². The minimum absolute atomic E-state index is 0.607. The van der Waals surface area contributed by atoms with Crippen LogP contribution in [0.25, 0.3) is 0 Å². The number of hydrogen-bond acceptors (Lipinski definition) is 2. The van der Waals surface area contributed by atoms with E-state index in [1.807, 2.05) is 12.2 Å². The van der Waals surface area contributed by atoms with Gasteiger partial charge in [0.25, 0.3) is 0 Å². The molecule has 0 saturated heterocycles. The molecule has 1 aliphatic rings. The van der Waals surface area contributed by atoms with Gasteiger partial charge in [-0.15, -0.1) is 0 Å². The van der Waals surface area contributed by atoms with Crippen LogP contribution in [0.15, 0.2) is 24.3 Å². The Morgan fingerprint density at radius 1 is 1.64 bits per heavy atom. The first-order valence-corrected chi connectivity index (χ1v) is 3.39. The lowest BCUT2D eigenvalue weighted by atomic mass is 9.98. The van der Waals surface area contributed by atoms with Crippen LogP contribution in [0.4, 0.5) is 4.79 Å². The van der Waals surface area contributed by atoms with Crippen LogP contribution in [0.1, 0.15) is 13.3 Å². The van der Waals surface area contributed by atoms with E-state index in [9.17, 15) is 4.79 Å². The van der Waals surface area contributed by atoms with E-state index < -0.39 is 11.8 Å². The van der Waals surface area contributed by atoms with Crippen LogP contribution in [0, 0.1) is 0 Å².